The number of carboxylic acids is 1. The van der Waals surface area contributed by atoms with Crippen LogP contribution in [0.1, 0.15) is 20.7 Å². The van der Waals surface area contributed by atoms with Gasteiger partial charge in [-0.2, -0.15) is 0 Å². The smallest absolute Gasteiger partial charge is 0.335 e. The molecule has 3 rings (SSSR count). The van der Waals surface area contributed by atoms with E-state index in [2.05, 4.69) is 9.97 Å². The average Bonchev–Trinajstić information content (AvgIpc) is 2.90. The van der Waals surface area contributed by atoms with Crippen LogP contribution in [0.15, 0.2) is 42.5 Å². The molecule has 6 heteroatoms. The molecule has 0 aliphatic carbocycles. The molecule has 0 radical (unpaired) electrons. The molecule has 0 atom stereocenters. The average molecular weight is 281 g/mol. The Morgan fingerprint density at radius 1 is 1.10 bits per heavy atom. The molecule has 1 amide bonds. The minimum Gasteiger partial charge on any atom is -0.478 e. The van der Waals surface area contributed by atoms with Crippen molar-refractivity contribution in [3.63, 3.8) is 0 Å². The van der Waals surface area contributed by atoms with E-state index in [1.54, 1.807) is 30.3 Å². The standard InChI is InChI=1S/C15H11N3O3/c16-13(19)10-2-1-3-11-12(10)18-14(17-11)8-4-6-9(7-5-8)15(20)21/h1-7H,(H2,16,19)(H,17,18)(H,20,21). The van der Waals surface area contributed by atoms with E-state index in [-0.39, 0.29) is 5.56 Å². The summed E-state index contributed by atoms with van der Waals surface area (Å²) in [5, 5.41) is 8.88. The number of carbonyl (C=O) groups is 2. The topological polar surface area (TPSA) is 109 Å². The molecule has 0 aliphatic rings. The minimum atomic E-state index is -0.984. The van der Waals surface area contributed by atoms with E-state index in [9.17, 15) is 9.59 Å². The summed E-state index contributed by atoms with van der Waals surface area (Å²) in [6.07, 6.45) is 0. The third-order valence-corrected chi connectivity index (χ3v) is 3.18. The first-order valence-corrected chi connectivity index (χ1v) is 6.18. The number of benzene rings is 2. The number of imidazole rings is 1. The number of carbonyl (C=O) groups excluding carboxylic acids is 1. The maximum absolute atomic E-state index is 11.4. The molecule has 0 bridgehead atoms. The number of rotatable bonds is 3. The Morgan fingerprint density at radius 3 is 2.43 bits per heavy atom. The summed E-state index contributed by atoms with van der Waals surface area (Å²) in [4.78, 5) is 29.7. The van der Waals surface area contributed by atoms with Gasteiger partial charge in [-0.25, -0.2) is 9.78 Å². The summed E-state index contributed by atoms with van der Waals surface area (Å²) in [6, 6.07) is 11.4. The van der Waals surface area contributed by atoms with Gasteiger partial charge in [-0.3, -0.25) is 4.79 Å². The molecule has 0 unspecified atom stereocenters. The first-order valence-electron chi connectivity index (χ1n) is 6.18. The van der Waals surface area contributed by atoms with Crippen LogP contribution < -0.4 is 5.73 Å². The third-order valence-electron chi connectivity index (χ3n) is 3.18. The highest BCUT2D eigenvalue weighted by Gasteiger charge is 2.12. The lowest BCUT2D eigenvalue weighted by molar-refractivity contribution is 0.0696. The molecular weight excluding hydrogens is 270 g/mol. The fourth-order valence-electron chi connectivity index (χ4n) is 2.14. The molecule has 0 spiro atoms. The highest BCUT2D eigenvalue weighted by molar-refractivity contribution is 6.04. The number of nitrogens with zero attached hydrogens (tertiary/aromatic N) is 1. The fourth-order valence-corrected chi connectivity index (χ4v) is 2.14. The quantitative estimate of drug-likeness (QED) is 0.682. The molecule has 104 valence electrons. The van der Waals surface area contributed by atoms with Gasteiger partial charge in [0.05, 0.1) is 16.6 Å². The van der Waals surface area contributed by atoms with Crippen molar-refractivity contribution in [1.82, 2.24) is 9.97 Å². The Bertz CT molecular complexity index is 850. The third kappa shape index (κ3) is 2.23. The van der Waals surface area contributed by atoms with Crippen LogP contribution in [-0.4, -0.2) is 27.0 Å². The van der Waals surface area contributed by atoms with E-state index in [0.29, 0.717) is 22.4 Å². The van der Waals surface area contributed by atoms with Crippen molar-refractivity contribution < 1.29 is 14.7 Å². The monoisotopic (exact) mass is 281 g/mol. The second-order valence-electron chi connectivity index (χ2n) is 4.53. The first kappa shape index (κ1) is 12.9. The van der Waals surface area contributed by atoms with E-state index in [1.807, 2.05) is 0 Å². The summed E-state index contributed by atoms with van der Waals surface area (Å²) >= 11 is 0. The summed E-state index contributed by atoms with van der Waals surface area (Å²) in [5.41, 5.74) is 7.80. The van der Waals surface area contributed by atoms with E-state index in [4.69, 9.17) is 10.8 Å². The second kappa shape index (κ2) is 4.75. The van der Waals surface area contributed by atoms with Crippen molar-refractivity contribution in [2.24, 2.45) is 5.73 Å². The largest absolute Gasteiger partial charge is 0.478 e. The van der Waals surface area contributed by atoms with Crippen LogP contribution in [0.2, 0.25) is 0 Å². The highest BCUT2D eigenvalue weighted by atomic mass is 16.4. The summed E-state index contributed by atoms with van der Waals surface area (Å²) in [7, 11) is 0. The van der Waals surface area contributed by atoms with Crippen molar-refractivity contribution in [2.75, 3.05) is 0 Å². The van der Waals surface area contributed by atoms with Crippen LogP contribution in [0.25, 0.3) is 22.4 Å². The zero-order chi connectivity index (χ0) is 15.0. The predicted molar refractivity (Wildman–Crippen MR) is 77.0 cm³/mol. The number of hydrogen-bond acceptors (Lipinski definition) is 3. The summed E-state index contributed by atoms with van der Waals surface area (Å²) in [5.74, 6) is -0.974. The molecule has 4 N–H and O–H groups in total. The number of aromatic carboxylic acids is 1. The normalized spacial score (nSPS) is 10.7. The van der Waals surface area contributed by atoms with Gasteiger partial charge in [0.15, 0.2) is 0 Å². The van der Waals surface area contributed by atoms with Gasteiger partial charge in [0, 0.05) is 5.56 Å². The van der Waals surface area contributed by atoms with Crippen LogP contribution in [0.4, 0.5) is 0 Å². The lowest BCUT2D eigenvalue weighted by atomic mass is 10.1. The number of primary amides is 1. The SMILES string of the molecule is NC(=O)c1cccc2[nH]c(-c3ccc(C(=O)O)cc3)nc12. The van der Waals surface area contributed by atoms with Crippen LogP contribution in [0.3, 0.4) is 0 Å². The van der Waals surface area contributed by atoms with Crippen molar-refractivity contribution in [1.29, 1.82) is 0 Å². The Kier molecular flexibility index (Phi) is 2.91. The van der Waals surface area contributed by atoms with Gasteiger partial charge in [0.2, 0.25) is 0 Å². The van der Waals surface area contributed by atoms with Crippen molar-refractivity contribution in [3.8, 4) is 11.4 Å². The Labute approximate surface area is 119 Å². The van der Waals surface area contributed by atoms with E-state index in [1.165, 1.54) is 12.1 Å². The maximum Gasteiger partial charge on any atom is 0.335 e. The molecule has 1 aromatic heterocycles. The Hall–Kier alpha value is -3.15. The van der Waals surface area contributed by atoms with Gasteiger partial charge in [-0.05, 0) is 24.3 Å². The van der Waals surface area contributed by atoms with E-state index in [0.717, 1.165) is 5.56 Å². The lowest BCUT2D eigenvalue weighted by Crippen LogP contribution is -2.11. The number of hydrogen-bond donors (Lipinski definition) is 3. The molecule has 0 fully saturated rings. The van der Waals surface area contributed by atoms with E-state index >= 15 is 0 Å². The van der Waals surface area contributed by atoms with Gasteiger partial charge >= 0.3 is 5.97 Å². The van der Waals surface area contributed by atoms with Crippen molar-refractivity contribution in [2.45, 2.75) is 0 Å². The highest BCUT2D eigenvalue weighted by Crippen LogP contribution is 2.23. The zero-order valence-electron chi connectivity index (χ0n) is 10.8. The second-order valence-corrected chi connectivity index (χ2v) is 4.53. The van der Waals surface area contributed by atoms with Crippen LogP contribution in [-0.2, 0) is 0 Å². The van der Waals surface area contributed by atoms with Crippen molar-refractivity contribution in [3.05, 3.63) is 53.6 Å². The number of para-hydroxylation sites is 1. The number of aromatic nitrogens is 2. The van der Waals surface area contributed by atoms with Gasteiger partial charge in [-0.15, -0.1) is 0 Å². The molecule has 6 nitrogen and oxygen atoms in total. The lowest BCUT2D eigenvalue weighted by Gasteiger charge is -1.97. The molecule has 3 aromatic rings. The van der Waals surface area contributed by atoms with Crippen molar-refractivity contribution >= 4 is 22.9 Å². The zero-order valence-corrected chi connectivity index (χ0v) is 10.8. The summed E-state index contributed by atoms with van der Waals surface area (Å²) in [6.45, 7) is 0. The Balaban J connectivity index is 2.11. The maximum atomic E-state index is 11.4. The number of carboxylic acid groups (broad SMARTS) is 1. The Morgan fingerprint density at radius 2 is 1.81 bits per heavy atom. The molecule has 1 heterocycles. The van der Waals surface area contributed by atoms with Crippen LogP contribution in [0.5, 0.6) is 0 Å². The number of fused-ring (bicyclic) bond motifs is 1. The number of nitrogens with one attached hydrogen (secondary N) is 1. The van der Waals surface area contributed by atoms with Gasteiger partial charge in [0.1, 0.15) is 11.3 Å². The molecule has 2 aromatic carbocycles. The molecule has 0 aliphatic heterocycles. The van der Waals surface area contributed by atoms with Gasteiger partial charge in [-0.1, -0.05) is 18.2 Å². The molecular formula is C15H11N3O3. The van der Waals surface area contributed by atoms with Gasteiger partial charge < -0.3 is 15.8 Å². The molecule has 0 saturated heterocycles. The first-order chi connectivity index (χ1) is 10.1. The predicted octanol–water partition coefficient (Wildman–Crippen LogP) is 2.03. The number of amides is 1. The van der Waals surface area contributed by atoms with Crippen LogP contribution >= 0.6 is 0 Å². The van der Waals surface area contributed by atoms with Crippen LogP contribution in [0, 0.1) is 0 Å². The number of nitrogens with two attached hydrogens (primary N) is 1. The van der Waals surface area contributed by atoms with E-state index < -0.39 is 11.9 Å². The van der Waals surface area contributed by atoms with Gasteiger partial charge in [0.25, 0.3) is 5.91 Å². The minimum absolute atomic E-state index is 0.202. The molecule has 21 heavy (non-hydrogen) atoms. The fraction of sp³-hybridized carbons (Fsp3) is 0. The summed E-state index contributed by atoms with van der Waals surface area (Å²) < 4.78 is 0. The molecule has 0 saturated carbocycles. The number of H-pyrrole nitrogens is 1. The number of aromatic amines is 1.